The molecule has 3 rings (SSSR count). The first-order chi connectivity index (χ1) is 12.5. The number of nitrogens with one attached hydrogen (secondary N) is 1. The van der Waals surface area contributed by atoms with Crippen molar-refractivity contribution in [3.63, 3.8) is 0 Å². The molecular weight excluding hydrogens is 354 g/mol. The van der Waals surface area contributed by atoms with Gasteiger partial charge >= 0.3 is 5.97 Å². The van der Waals surface area contributed by atoms with Crippen molar-refractivity contribution in [2.24, 2.45) is 0 Å². The molecular formula is C19H19NO5S. The molecule has 1 aliphatic rings. The number of hydrogen-bond donors (Lipinski definition) is 1. The minimum Gasteiger partial charge on any atom is -0.493 e. The molecule has 2 aromatic rings. The van der Waals surface area contributed by atoms with Gasteiger partial charge < -0.3 is 19.5 Å². The number of amides is 1. The molecule has 6 nitrogen and oxygen atoms in total. The summed E-state index contributed by atoms with van der Waals surface area (Å²) in [7, 11) is 3.13. The van der Waals surface area contributed by atoms with Crippen LogP contribution >= 0.6 is 11.8 Å². The average Bonchev–Trinajstić information content (AvgIpc) is 2.65. The normalized spacial score (nSPS) is 12.8. The largest absolute Gasteiger partial charge is 0.493 e. The van der Waals surface area contributed by atoms with E-state index in [9.17, 15) is 9.59 Å². The van der Waals surface area contributed by atoms with Crippen molar-refractivity contribution in [2.75, 3.05) is 25.3 Å². The molecule has 0 saturated carbocycles. The van der Waals surface area contributed by atoms with E-state index in [-0.39, 0.29) is 12.5 Å². The third kappa shape index (κ3) is 3.77. The highest BCUT2D eigenvalue weighted by Crippen LogP contribution is 2.33. The third-order valence-corrected chi connectivity index (χ3v) is 5.12. The van der Waals surface area contributed by atoms with E-state index < -0.39 is 5.97 Å². The number of fused-ring (bicyclic) bond motifs is 1. The molecule has 0 radical (unpaired) electrons. The quantitative estimate of drug-likeness (QED) is 0.810. The predicted octanol–water partition coefficient (Wildman–Crippen LogP) is 3.41. The summed E-state index contributed by atoms with van der Waals surface area (Å²) in [6, 6.07) is 8.80. The molecule has 26 heavy (non-hydrogen) atoms. The van der Waals surface area contributed by atoms with E-state index in [0.717, 1.165) is 16.0 Å². The molecule has 0 aromatic heterocycles. The molecule has 0 aliphatic carbocycles. The highest BCUT2D eigenvalue weighted by atomic mass is 32.2. The molecule has 7 heteroatoms. The number of carbonyl (C=O) groups is 2. The Morgan fingerprint density at radius 3 is 2.62 bits per heavy atom. The van der Waals surface area contributed by atoms with Crippen LogP contribution in [0.4, 0.5) is 5.69 Å². The Morgan fingerprint density at radius 2 is 1.88 bits per heavy atom. The van der Waals surface area contributed by atoms with Gasteiger partial charge in [-0.1, -0.05) is 0 Å². The lowest BCUT2D eigenvalue weighted by atomic mass is 10.1. The minimum absolute atomic E-state index is 0.0750. The maximum absolute atomic E-state index is 12.4. The van der Waals surface area contributed by atoms with Crippen molar-refractivity contribution < 1.29 is 23.8 Å². The van der Waals surface area contributed by atoms with Crippen LogP contribution in [-0.2, 0) is 16.1 Å². The number of carbonyl (C=O) groups excluding carboxylic acids is 2. The highest BCUT2D eigenvalue weighted by molar-refractivity contribution is 8.00. The first kappa shape index (κ1) is 18.1. The molecule has 1 heterocycles. The molecule has 0 bridgehead atoms. The van der Waals surface area contributed by atoms with Crippen LogP contribution in [0.15, 0.2) is 35.2 Å². The zero-order valence-electron chi connectivity index (χ0n) is 14.8. The molecule has 2 aromatic carbocycles. The number of anilines is 1. The molecule has 0 unspecified atom stereocenters. The lowest BCUT2D eigenvalue weighted by Gasteiger charge is -2.17. The van der Waals surface area contributed by atoms with E-state index in [0.29, 0.717) is 28.5 Å². The number of methoxy groups -OCH3 is 2. The summed E-state index contributed by atoms with van der Waals surface area (Å²) in [4.78, 5) is 24.8. The van der Waals surface area contributed by atoms with Gasteiger partial charge in [-0.25, -0.2) is 4.79 Å². The predicted molar refractivity (Wildman–Crippen MR) is 99.2 cm³/mol. The average molecular weight is 373 g/mol. The summed E-state index contributed by atoms with van der Waals surface area (Å²) < 4.78 is 16.0. The molecule has 0 saturated heterocycles. The van der Waals surface area contributed by atoms with Gasteiger partial charge in [0.15, 0.2) is 11.5 Å². The standard InChI is InChI=1S/C19H19NO5S/c1-11-6-15(23-2)16(24-3)8-13(11)9-25-19(22)12-4-5-17-14(7-12)20-18(21)10-26-17/h4-8H,9-10H2,1-3H3,(H,20,21). The lowest BCUT2D eigenvalue weighted by Crippen LogP contribution is -2.19. The summed E-state index contributed by atoms with van der Waals surface area (Å²) in [5.74, 6) is 1.07. The van der Waals surface area contributed by atoms with Crippen LogP contribution in [0.5, 0.6) is 11.5 Å². The fourth-order valence-electron chi connectivity index (χ4n) is 2.61. The third-order valence-electron chi connectivity index (χ3n) is 4.05. The summed E-state index contributed by atoms with van der Waals surface area (Å²) in [6.45, 7) is 2.03. The Hall–Kier alpha value is -2.67. The van der Waals surface area contributed by atoms with Crippen LogP contribution in [0.2, 0.25) is 0 Å². The number of rotatable bonds is 5. The van der Waals surface area contributed by atoms with E-state index in [2.05, 4.69) is 5.32 Å². The van der Waals surface area contributed by atoms with E-state index in [4.69, 9.17) is 14.2 Å². The van der Waals surface area contributed by atoms with E-state index in [1.165, 1.54) is 11.8 Å². The van der Waals surface area contributed by atoms with Crippen LogP contribution in [0.25, 0.3) is 0 Å². The molecule has 0 fully saturated rings. The molecule has 1 amide bonds. The maximum atomic E-state index is 12.4. The highest BCUT2D eigenvalue weighted by Gasteiger charge is 2.18. The van der Waals surface area contributed by atoms with Gasteiger partial charge in [0.2, 0.25) is 5.91 Å². The maximum Gasteiger partial charge on any atom is 0.338 e. The van der Waals surface area contributed by atoms with Crippen LogP contribution in [0.1, 0.15) is 21.5 Å². The van der Waals surface area contributed by atoms with Crippen molar-refractivity contribution in [1.82, 2.24) is 0 Å². The van der Waals surface area contributed by atoms with E-state index in [1.54, 1.807) is 32.4 Å². The van der Waals surface area contributed by atoms with Crippen molar-refractivity contribution in [1.29, 1.82) is 0 Å². The molecule has 1 N–H and O–H groups in total. The molecule has 0 atom stereocenters. The Labute approximate surface area is 155 Å². The number of hydrogen-bond acceptors (Lipinski definition) is 6. The second kappa shape index (κ2) is 7.70. The smallest absolute Gasteiger partial charge is 0.338 e. The second-order valence-corrected chi connectivity index (χ2v) is 6.77. The monoisotopic (exact) mass is 373 g/mol. The van der Waals surface area contributed by atoms with Gasteiger partial charge in [0.1, 0.15) is 6.61 Å². The number of esters is 1. The van der Waals surface area contributed by atoms with Gasteiger partial charge in [-0.05, 0) is 48.4 Å². The van der Waals surface area contributed by atoms with Crippen molar-refractivity contribution in [2.45, 2.75) is 18.4 Å². The van der Waals surface area contributed by atoms with Gasteiger partial charge in [0, 0.05) is 4.90 Å². The summed E-state index contributed by atoms with van der Waals surface area (Å²) in [6.07, 6.45) is 0. The van der Waals surface area contributed by atoms with Crippen LogP contribution < -0.4 is 14.8 Å². The van der Waals surface area contributed by atoms with Crippen LogP contribution in [0.3, 0.4) is 0 Å². The fourth-order valence-corrected chi connectivity index (χ4v) is 3.40. The number of benzene rings is 2. The number of ether oxygens (including phenoxy) is 3. The molecule has 1 aliphatic heterocycles. The Bertz CT molecular complexity index is 865. The van der Waals surface area contributed by atoms with Gasteiger partial charge in [-0.3, -0.25) is 4.79 Å². The lowest BCUT2D eigenvalue weighted by molar-refractivity contribution is -0.113. The Kier molecular flexibility index (Phi) is 5.37. The van der Waals surface area contributed by atoms with Gasteiger partial charge in [-0.2, -0.15) is 0 Å². The van der Waals surface area contributed by atoms with Crippen molar-refractivity contribution in [3.05, 3.63) is 47.0 Å². The topological polar surface area (TPSA) is 73.9 Å². The van der Waals surface area contributed by atoms with Crippen LogP contribution in [0, 0.1) is 6.92 Å². The first-order valence-electron chi connectivity index (χ1n) is 7.97. The van der Waals surface area contributed by atoms with Gasteiger partial charge in [-0.15, -0.1) is 11.8 Å². The van der Waals surface area contributed by atoms with E-state index >= 15 is 0 Å². The zero-order valence-corrected chi connectivity index (χ0v) is 15.6. The fraction of sp³-hybridized carbons (Fsp3) is 0.263. The molecule has 0 spiro atoms. The van der Waals surface area contributed by atoms with Crippen LogP contribution in [-0.4, -0.2) is 31.8 Å². The first-order valence-corrected chi connectivity index (χ1v) is 8.95. The van der Waals surface area contributed by atoms with Gasteiger partial charge in [0.25, 0.3) is 0 Å². The summed E-state index contributed by atoms with van der Waals surface area (Å²) >= 11 is 1.45. The van der Waals surface area contributed by atoms with Crippen molar-refractivity contribution >= 4 is 29.3 Å². The molecule has 136 valence electrons. The zero-order chi connectivity index (χ0) is 18.7. The SMILES string of the molecule is COc1cc(C)c(COC(=O)c2ccc3c(c2)NC(=O)CS3)cc1OC. The minimum atomic E-state index is -0.452. The number of thioether (sulfide) groups is 1. The number of aryl methyl sites for hydroxylation is 1. The van der Waals surface area contributed by atoms with E-state index in [1.807, 2.05) is 19.1 Å². The Morgan fingerprint density at radius 1 is 1.15 bits per heavy atom. The summed E-state index contributed by atoms with van der Waals surface area (Å²) in [5, 5.41) is 2.77. The van der Waals surface area contributed by atoms with Gasteiger partial charge in [0.05, 0.1) is 31.2 Å². The Balaban J connectivity index is 1.73. The van der Waals surface area contributed by atoms with Crippen molar-refractivity contribution in [3.8, 4) is 11.5 Å². The summed E-state index contributed by atoms with van der Waals surface area (Å²) in [5.41, 5.74) is 2.80. The second-order valence-electron chi connectivity index (χ2n) is 5.76.